The lowest BCUT2D eigenvalue weighted by Crippen LogP contribution is -2.09. The number of hydrogen-bond acceptors (Lipinski definition) is 4. The number of benzene rings is 4. The van der Waals surface area contributed by atoms with Gasteiger partial charge in [-0.2, -0.15) is 0 Å². The molecule has 2 N–H and O–H groups in total. The first-order chi connectivity index (χ1) is 16.5. The highest BCUT2D eigenvalue weighted by Gasteiger charge is 2.23. The summed E-state index contributed by atoms with van der Waals surface area (Å²) in [5.74, 6) is -0.0494. The van der Waals surface area contributed by atoms with Gasteiger partial charge in [0.1, 0.15) is 23.6 Å². The van der Waals surface area contributed by atoms with Crippen LogP contribution in [0, 0.1) is 0 Å². The predicted molar refractivity (Wildman–Crippen MR) is 140 cm³/mol. The van der Waals surface area contributed by atoms with Crippen molar-refractivity contribution in [3.05, 3.63) is 129 Å². The van der Waals surface area contributed by atoms with Gasteiger partial charge in [0.25, 0.3) is 0 Å². The molecule has 4 nitrogen and oxygen atoms in total. The molecule has 0 bridgehead atoms. The van der Waals surface area contributed by atoms with E-state index in [2.05, 4.69) is 0 Å². The van der Waals surface area contributed by atoms with Crippen LogP contribution in [-0.4, -0.2) is 22.6 Å². The fourth-order valence-electron chi connectivity index (χ4n) is 3.59. The molecule has 0 unspecified atom stereocenters. The lowest BCUT2D eigenvalue weighted by Gasteiger charge is -2.22. The van der Waals surface area contributed by atoms with Gasteiger partial charge in [0.2, 0.25) is 0 Å². The highest BCUT2D eigenvalue weighted by atomic mass is 35.5. The molecule has 0 radical (unpaired) electrons. The van der Waals surface area contributed by atoms with Gasteiger partial charge in [-0.15, -0.1) is 0 Å². The molecule has 0 aliphatic rings. The average molecular weight is 489 g/mol. The minimum Gasteiger partial charge on any atom is -0.506 e. The van der Waals surface area contributed by atoms with Crippen molar-refractivity contribution in [2.75, 3.05) is 0 Å². The molecular weight excluding hydrogens is 467 g/mol. The molecule has 4 rings (SSSR count). The lowest BCUT2D eigenvalue weighted by molar-refractivity contribution is 0.474. The second-order valence-corrected chi connectivity index (χ2v) is 8.44. The van der Waals surface area contributed by atoms with Gasteiger partial charge in [0.05, 0.1) is 10.0 Å². The van der Waals surface area contributed by atoms with Crippen molar-refractivity contribution in [3.63, 3.8) is 0 Å². The van der Waals surface area contributed by atoms with Gasteiger partial charge in [-0.1, -0.05) is 96.0 Å². The number of aromatic hydroxyl groups is 2. The molecule has 0 fully saturated rings. The molecular formula is C28H22Cl2N2O2. The van der Waals surface area contributed by atoms with E-state index in [0.717, 1.165) is 11.1 Å². The van der Waals surface area contributed by atoms with Gasteiger partial charge < -0.3 is 10.2 Å². The Labute approximate surface area is 208 Å². The summed E-state index contributed by atoms with van der Waals surface area (Å²) in [6.07, 6.45) is 3.22. The number of para-hydroxylation sites is 2. The standard InChI is InChI=1S/C28H22Cl2N2O2/c29-23-15-7-13-21(27(23)33)17-31-25(19-9-3-1-4-10-19)26(20-11-5-2-6-12-20)32-18-22-14-8-16-24(30)28(22)34/h1-18,25-26,33-34H/t25-,26-/m1/s1. The molecule has 34 heavy (non-hydrogen) atoms. The first-order valence-electron chi connectivity index (χ1n) is 10.7. The Morgan fingerprint density at radius 3 is 1.29 bits per heavy atom. The van der Waals surface area contributed by atoms with E-state index in [1.165, 1.54) is 0 Å². The summed E-state index contributed by atoms with van der Waals surface area (Å²) >= 11 is 12.2. The molecule has 0 saturated carbocycles. The smallest absolute Gasteiger partial charge is 0.142 e. The van der Waals surface area contributed by atoms with Gasteiger partial charge in [-0.05, 0) is 35.4 Å². The molecule has 0 aliphatic carbocycles. The first-order valence-corrected chi connectivity index (χ1v) is 11.4. The summed E-state index contributed by atoms with van der Waals surface area (Å²) < 4.78 is 0. The Morgan fingerprint density at radius 2 is 0.912 bits per heavy atom. The maximum absolute atomic E-state index is 10.4. The summed E-state index contributed by atoms with van der Waals surface area (Å²) in [4.78, 5) is 9.70. The number of phenols is 2. The summed E-state index contributed by atoms with van der Waals surface area (Å²) in [7, 11) is 0. The maximum atomic E-state index is 10.4. The molecule has 0 saturated heterocycles. The number of rotatable bonds is 7. The SMILES string of the molecule is Oc1c(Cl)cccc1C=N[C@H](c1ccccc1)[C@H](N=Cc1cccc(Cl)c1O)c1ccccc1. The van der Waals surface area contributed by atoms with Gasteiger partial charge in [-0.3, -0.25) is 9.98 Å². The highest BCUT2D eigenvalue weighted by Crippen LogP contribution is 2.36. The fourth-order valence-corrected chi connectivity index (χ4v) is 3.96. The summed E-state index contributed by atoms with van der Waals surface area (Å²) in [6, 6.07) is 29.1. The van der Waals surface area contributed by atoms with Crippen LogP contribution in [0.2, 0.25) is 10.0 Å². The van der Waals surface area contributed by atoms with E-state index in [1.54, 1.807) is 48.8 Å². The van der Waals surface area contributed by atoms with Gasteiger partial charge in [0.15, 0.2) is 0 Å². The van der Waals surface area contributed by atoms with Crippen molar-refractivity contribution >= 4 is 35.6 Å². The van der Waals surface area contributed by atoms with Crippen LogP contribution in [0.15, 0.2) is 107 Å². The van der Waals surface area contributed by atoms with Crippen LogP contribution < -0.4 is 0 Å². The zero-order valence-electron chi connectivity index (χ0n) is 18.1. The van der Waals surface area contributed by atoms with E-state index < -0.39 is 12.1 Å². The molecule has 2 atom stereocenters. The van der Waals surface area contributed by atoms with Crippen molar-refractivity contribution < 1.29 is 10.2 Å². The van der Waals surface area contributed by atoms with Gasteiger partial charge in [-0.25, -0.2) is 0 Å². The van der Waals surface area contributed by atoms with Crippen LogP contribution >= 0.6 is 23.2 Å². The average Bonchev–Trinajstić information content (AvgIpc) is 2.87. The summed E-state index contributed by atoms with van der Waals surface area (Å²) in [5, 5.41) is 21.2. The monoisotopic (exact) mass is 488 g/mol. The van der Waals surface area contributed by atoms with Gasteiger partial charge in [0, 0.05) is 23.6 Å². The van der Waals surface area contributed by atoms with Crippen molar-refractivity contribution in [2.45, 2.75) is 12.1 Å². The van der Waals surface area contributed by atoms with E-state index in [1.807, 2.05) is 60.7 Å². The van der Waals surface area contributed by atoms with E-state index in [-0.39, 0.29) is 21.5 Å². The number of phenolic OH excluding ortho intramolecular Hbond substituents is 2. The Kier molecular flexibility index (Phi) is 7.63. The highest BCUT2D eigenvalue weighted by molar-refractivity contribution is 6.32. The molecule has 0 aromatic heterocycles. The molecule has 0 aliphatic heterocycles. The largest absolute Gasteiger partial charge is 0.506 e. The van der Waals surface area contributed by atoms with Crippen molar-refractivity contribution in [1.82, 2.24) is 0 Å². The van der Waals surface area contributed by atoms with E-state index in [4.69, 9.17) is 33.2 Å². The van der Waals surface area contributed by atoms with E-state index in [9.17, 15) is 10.2 Å². The quantitative estimate of drug-likeness (QED) is 0.265. The normalized spacial score (nSPS) is 13.4. The molecule has 170 valence electrons. The van der Waals surface area contributed by atoms with Gasteiger partial charge >= 0.3 is 0 Å². The third kappa shape index (κ3) is 5.48. The van der Waals surface area contributed by atoms with Crippen LogP contribution in [-0.2, 0) is 0 Å². The lowest BCUT2D eigenvalue weighted by atomic mass is 9.94. The second-order valence-electron chi connectivity index (χ2n) is 7.62. The van der Waals surface area contributed by atoms with E-state index in [0.29, 0.717) is 11.1 Å². The fraction of sp³-hybridized carbons (Fsp3) is 0.0714. The van der Waals surface area contributed by atoms with Crippen molar-refractivity contribution in [2.24, 2.45) is 9.98 Å². The Morgan fingerprint density at radius 1 is 0.529 bits per heavy atom. The van der Waals surface area contributed by atoms with Crippen LogP contribution in [0.4, 0.5) is 0 Å². The Balaban J connectivity index is 1.81. The molecule has 0 heterocycles. The zero-order chi connectivity index (χ0) is 23.9. The molecule has 6 heteroatoms. The Bertz CT molecular complexity index is 1210. The number of halogens is 2. The first kappa shape index (κ1) is 23.6. The minimum absolute atomic E-state index is 0.0247. The number of hydrogen-bond donors (Lipinski definition) is 2. The molecule has 4 aromatic carbocycles. The third-order valence-corrected chi connectivity index (χ3v) is 5.98. The van der Waals surface area contributed by atoms with Crippen LogP contribution in [0.25, 0.3) is 0 Å². The predicted octanol–water partition coefficient (Wildman–Crippen LogP) is 7.43. The molecule has 0 amide bonds. The zero-order valence-corrected chi connectivity index (χ0v) is 19.6. The molecule has 0 spiro atoms. The van der Waals surface area contributed by atoms with Crippen LogP contribution in [0.3, 0.4) is 0 Å². The van der Waals surface area contributed by atoms with Crippen molar-refractivity contribution in [1.29, 1.82) is 0 Å². The maximum Gasteiger partial charge on any atom is 0.142 e. The van der Waals surface area contributed by atoms with Crippen LogP contribution in [0.5, 0.6) is 11.5 Å². The molecule has 4 aromatic rings. The topological polar surface area (TPSA) is 65.2 Å². The summed E-state index contributed by atoms with van der Waals surface area (Å²) in [5.41, 5.74) is 2.91. The van der Waals surface area contributed by atoms with Crippen molar-refractivity contribution in [3.8, 4) is 11.5 Å². The number of nitrogens with zero attached hydrogens (tertiary/aromatic N) is 2. The van der Waals surface area contributed by atoms with Crippen LogP contribution in [0.1, 0.15) is 34.3 Å². The second kappa shape index (κ2) is 11.0. The number of aliphatic imine (C=N–C) groups is 2. The third-order valence-electron chi connectivity index (χ3n) is 5.37. The van der Waals surface area contributed by atoms with E-state index >= 15 is 0 Å². The minimum atomic E-state index is -0.417. The summed E-state index contributed by atoms with van der Waals surface area (Å²) in [6.45, 7) is 0. The Hall–Kier alpha value is -3.60.